The summed E-state index contributed by atoms with van der Waals surface area (Å²) in [5.74, 6) is 0.249. The zero-order valence-electron chi connectivity index (χ0n) is 8.89. The van der Waals surface area contributed by atoms with E-state index in [0.717, 1.165) is 0 Å². The van der Waals surface area contributed by atoms with Crippen LogP contribution in [0.2, 0.25) is 0 Å². The summed E-state index contributed by atoms with van der Waals surface area (Å²) < 4.78 is 0. The molecule has 1 heteroatoms. The number of rotatable bonds is 2. The van der Waals surface area contributed by atoms with E-state index in [9.17, 15) is 0 Å². The van der Waals surface area contributed by atoms with E-state index in [0.29, 0.717) is 0 Å². The summed E-state index contributed by atoms with van der Waals surface area (Å²) >= 11 is 0. The third-order valence-corrected chi connectivity index (χ3v) is 2.90. The zero-order valence-corrected chi connectivity index (χ0v) is 8.89. The molecule has 0 aliphatic carbocycles. The van der Waals surface area contributed by atoms with Gasteiger partial charge >= 0.3 is 0 Å². The Bertz CT molecular complexity index is 302. The number of aliphatic hydroxyl groups is 1. The lowest BCUT2D eigenvalue weighted by Gasteiger charge is -2.15. The molecule has 0 spiro atoms. The van der Waals surface area contributed by atoms with Crippen LogP contribution >= 0.6 is 0 Å². The minimum Gasteiger partial charge on any atom is -0.396 e. The van der Waals surface area contributed by atoms with Crippen LogP contribution in [0.1, 0.15) is 35.1 Å². The van der Waals surface area contributed by atoms with Crippen molar-refractivity contribution in [1.29, 1.82) is 0 Å². The molecule has 0 fully saturated rings. The molecule has 0 aliphatic rings. The molecule has 1 rings (SSSR count). The minimum absolute atomic E-state index is 0.226. The molecule has 0 saturated heterocycles. The highest BCUT2D eigenvalue weighted by Crippen LogP contribution is 2.23. The first kappa shape index (κ1) is 10.3. The van der Waals surface area contributed by atoms with E-state index in [4.69, 9.17) is 5.11 Å². The van der Waals surface area contributed by atoms with Crippen LogP contribution in [-0.2, 0) is 0 Å². The lowest BCUT2D eigenvalue weighted by Crippen LogP contribution is -2.03. The Kier molecular flexibility index (Phi) is 3.10. The molecule has 0 radical (unpaired) electrons. The second kappa shape index (κ2) is 3.93. The van der Waals surface area contributed by atoms with Crippen LogP contribution < -0.4 is 0 Å². The molecule has 1 atom stereocenters. The quantitative estimate of drug-likeness (QED) is 0.738. The van der Waals surface area contributed by atoms with Gasteiger partial charge in [-0.25, -0.2) is 0 Å². The lowest BCUT2D eigenvalue weighted by molar-refractivity contribution is 0.272. The van der Waals surface area contributed by atoms with Crippen LogP contribution in [0.15, 0.2) is 12.1 Å². The monoisotopic (exact) mass is 178 g/mol. The van der Waals surface area contributed by atoms with Crippen molar-refractivity contribution in [3.63, 3.8) is 0 Å². The Morgan fingerprint density at radius 2 is 1.77 bits per heavy atom. The molecule has 0 amide bonds. The fourth-order valence-corrected chi connectivity index (χ4v) is 1.61. The van der Waals surface area contributed by atoms with Crippen molar-refractivity contribution in [1.82, 2.24) is 0 Å². The molecule has 1 unspecified atom stereocenters. The van der Waals surface area contributed by atoms with Gasteiger partial charge in [0.1, 0.15) is 0 Å². The van der Waals surface area contributed by atoms with Crippen LogP contribution in [0, 0.1) is 20.8 Å². The van der Waals surface area contributed by atoms with E-state index in [2.05, 4.69) is 39.8 Å². The molecule has 1 aromatic carbocycles. The van der Waals surface area contributed by atoms with Gasteiger partial charge in [-0.3, -0.25) is 0 Å². The van der Waals surface area contributed by atoms with Gasteiger partial charge in [-0.1, -0.05) is 19.1 Å². The highest BCUT2D eigenvalue weighted by atomic mass is 16.3. The largest absolute Gasteiger partial charge is 0.396 e. The van der Waals surface area contributed by atoms with Crippen molar-refractivity contribution in [2.75, 3.05) is 6.61 Å². The number of hydrogen-bond acceptors (Lipinski definition) is 1. The average Bonchev–Trinajstić information content (AvgIpc) is 2.13. The van der Waals surface area contributed by atoms with Gasteiger partial charge in [0, 0.05) is 12.5 Å². The van der Waals surface area contributed by atoms with E-state index in [1.165, 1.54) is 22.3 Å². The van der Waals surface area contributed by atoms with Crippen molar-refractivity contribution in [2.45, 2.75) is 33.6 Å². The Labute approximate surface area is 80.4 Å². The SMILES string of the molecule is Cc1ccc(C(C)CO)c(C)c1C. The third kappa shape index (κ3) is 1.92. The lowest BCUT2D eigenvalue weighted by atomic mass is 9.92. The van der Waals surface area contributed by atoms with Gasteiger partial charge in [-0.15, -0.1) is 0 Å². The number of hydrogen-bond donors (Lipinski definition) is 1. The minimum atomic E-state index is 0.226. The predicted octanol–water partition coefficient (Wildman–Crippen LogP) is 2.71. The summed E-state index contributed by atoms with van der Waals surface area (Å²) in [6, 6.07) is 4.25. The predicted molar refractivity (Wildman–Crippen MR) is 56.2 cm³/mol. The molecular weight excluding hydrogens is 160 g/mol. The summed E-state index contributed by atoms with van der Waals surface area (Å²) in [6.07, 6.45) is 0. The zero-order chi connectivity index (χ0) is 10.0. The fourth-order valence-electron chi connectivity index (χ4n) is 1.61. The van der Waals surface area contributed by atoms with Crippen molar-refractivity contribution < 1.29 is 5.11 Å². The number of benzene rings is 1. The normalized spacial score (nSPS) is 13.0. The molecular formula is C12H18O. The van der Waals surface area contributed by atoms with Gasteiger partial charge in [0.15, 0.2) is 0 Å². The van der Waals surface area contributed by atoms with Crippen molar-refractivity contribution in [2.24, 2.45) is 0 Å². The van der Waals surface area contributed by atoms with Crippen LogP contribution in [0.3, 0.4) is 0 Å². The highest BCUT2D eigenvalue weighted by Gasteiger charge is 2.09. The third-order valence-electron chi connectivity index (χ3n) is 2.90. The second-order valence-electron chi connectivity index (χ2n) is 3.81. The fraction of sp³-hybridized carbons (Fsp3) is 0.500. The van der Waals surface area contributed by atoms with Crippen molar-refractivity contribution in [3.05, 3.63) is 34.4 Å². The van der Waals surface area contributed by atoms with Crippen LogP contribution in [-0.4, -0.2) is 11.7 Å². The summed E-state index contributed by atoms with van der Waals surface area (Å²) in [7, 11) is 0. The molecule has 0 aliphatic heterocycles. The Morgan fingerprint density at radius 3 is 2.31 bits per heavy atom. The standard InChI is InChI=1S/C12H18O/c1-8-5-6-12(9(2)7-13)11(4)10(8)3/h5-6,9,13H,7H2,1-4H3. The maximum absolute atomic E-state index is 9.07. The molecule has 0 saturated carbocycles. The Balaban J connectivity index is 3.18. The second-order valence-corrected chi connectivity index (χ2v) is 3.81. The van der Waals surface area contributed by atoms with E-state index in [1.807, 2.05) is 0 Å². The molecule has 0 bridgehead atoms. The highest BCUT2D eigenvalue weighted by molar-refractivity contribution is 5.40. The molecule has 13 heavy (non-hydrogen) atoms. The van der Waals surface area contributed by atoms with Crippen LogP contribution in [0.4, 0.5) is 0 Å². The van der Waals surface area contributed by atoms with Gasteiger partial charge in [-0.2, -0.15) is 0 Å². The van der Waals surface area contributed by atoms with Crippen LogP contribution in [0.25, 0.3) is 0 Å². The van der Waals surface area contributed by atoms with E-state index in [1.54, 1.807) is 0 Å². The summed E-state index contributed by atoms with van der Waals surface area (Å²) in [4.78, 5) is 0. The van der Waals surface area contributed by atoms with E-state index >= 15 is 0 Å². The summed E-state index contributed by atoms with van der Waals surface area (Å²) in [6.45, 7) is 8.66. The Hall–Kier alpha value is -0.820. The summed E-state index contributed by atoms with van der Waals surface area (Å²) in [5.41, 5.74) is 5.26. The first-order valence-electron chi connectivity index (χ1n) is 4.75. The Morgan fingerprint density at radius 1 is 1.15 bits per heavy atom. The first-order valence-corrected chi connectivity index (χ1v) is 4.75. The molecule has 0 aromatic heterocycles. The molecule has 1 nitrogen and oxygen atoms in total. The topological polar surface area (TPSA) is 20.2 Å². The van der Waals surface area contributed by atoms with E-state index in [-0.39, 0.29) is 12.5 Å². The van der Waals surface area contributed by atoms with Gasteiger partial charge < -0.3 is 5.11 Å². The first-order chi connectivity index (χ1) is 6.07. The van der Waals surface area contributed by atoms with Crippen LogP contribution in [0.5, 0.6) is 0 Å². The van der Waals surface area contributed by atoms with Crippen molar-refractivity contribution >= 4 is 0 Å². The van der Waals surface area contributed by atoms with Gasteiger partial charge in [0.2, 0.25) is 0 Å². The number of aliphatic hydroxyl groups excluding tert-OH is 1. The number of aryl methyl sites for hydroxylation is 1. The maximum Gasteiger partial charge on any atom is 0.0497 e. The maximum atomic E-state index is 9.07. The summed E-state index contributed by atoms with van der Waals surface area (Å²) in [5, 5.41) is 9.07. The van der Waals surface area contributed by atoms with Gasteiger partial charge in [-0.05, 0) is 43.0 Å². The molecule has 0 heterocycles. The smallest absolute Gasteiger partial charge is 0.0497 e. The van der Waals surface area contributed by atoms with E-state index < -0.39 is 0 Å². The van der Waals surface area contributed by atoms with Crippen molar-refractivity contribution in [3.8, 4) is 0 Å². The molecule has 1 N–H and O–H groups in total. The van der Waals surface area contributed by atoms with Gasteiger partial charge in [0.25, 0.3) is 0 Å². The average molecular weight is 178 g/mol. The molecule has 1 aromatic rings. The molecule has 72 valence electrons. The van der Waals surface area contributed by atoms with Gasteiger partial charge in [0.05, 0.1) is 0 Å².